The van der Waals surface area contributed by atoms with Crippen molar-refractivity contribution in [1.82, 2.24) is 10.3 Å². The maximum Gasteiger partial charge on any atom is 0.417 e. The third kappa shape index (κ3) is 5.92. The van der Waals surface area contributed by atoms with E-state index in [9.17, 15) is 18.0 Å². The van der Waals surface area contributed by atoms with Crippen LogP contribution in [-0.4, -0.2) is 30.3 Å². The Morgan fingerprint density at radius 1 is 1.12 bits per heavy atom. The number of hydrogen-bond acceptors (Lipinski definition) is 5. The van der Waals surface area contributed by atoms with E-state index in [1.165, 1.54) is 7.05 Å². The molecule has 2 aromatic carbocycles. The van der Waals surface area contributed by atoms with Crippen molar-refractivity contribution in [2.75, 3.05) is 19.0 Å². The molecule has 0 saturated heterocycles. The quantitative estimate of drug-likeness (QED) is 0.399. The standard InChI is InChI=1S/C25H25F3N4O2/c1-15-9-11-18(12-10-15)23(29)22-19(25(26,27)28)13-21(32-24(22)30-3)34-14-20(33)31-16(2)17-7-5-4-6-8-17/h4-13,16,29H,14H2,1-3H3,(H,30,32)(H,31,33)/t16-/m0/s1. The lowest BCUT2D eigenvalue weighted by Crippen LogP contribution is -2.31. The lowest BCUT2D eigenvalue weighted by atomic mass is 9.97. The Morgan fingerprint density at radius 3 is 2.35 bits per heavy atom. The Balaban J connectivity index is 1.84. The highest BCUT2D eigenvalue weighted by atomic mass is 19.4. The van der Waals surface area contributed by atoms with Crippen LogP contribution in [0.3, 0.4) is 0 Å². The Labute approximate surface area is 195 Å². The lowest BCUT2D eigenvalue weighted by molar-refractivity contribution is -0.137. The van der Waals surface area contributed by atoms with E-state index in [1.807, 2.05) is 37.3 Å². The van der Waals surface area contributed by atoms with Gasteiger partial charge in [-0.15, -0.1) is 0 Å². The predicted octanol–water partition coefficient (Wildman–Crippen LogP) is 5.12. The first kappa shape index (κ1) is 24.8. The molecule has 9 heteroatoms. The first-order valence-corrected chi connectivity index (χ1v) is 10.5. The number of carbonyl (C=O) groups excluding carboxylic acids is 1. The van der Waals surface area contributed by atoms with Crippen LogP contribution >= 0.6 is 0 Å². The molecule has 1 amide bonds. The highest BCUT2D eigenvalue weighted by Gasteiger charge is 2.37. The van der Waals surface area contributed by atoms with E-state index in [-0.39, 0.29) is 23.5 Å². The monoisotopic (exact) mass is 470 g/mol. The summed E-state index contributed by atoms with van der Waals surface area (Å²) in [7, 11) is 1.41. The number of pyridine rings is 1. The number of halogens is 3. The Kier molecular flexibility index (Phi) is 7.55. The van der Waals surface area contributed by atoms with Gasteiger partial charge in [-0.3, -0.25) is 10.2 Å². The van der Waals surface area contributed by atoms with Crippen LogP contribution in [0.4, 0.5) is 19.0 Å². The zero-order valence-electron chi connectivity index (χ0n) is 19.0. The second kappa shape index (κ2) is 10.4. The van der Waals surface area contributed by atoms with Crippen LogP contribution in [0.25, 0.3) is 0 Å². The van der Waals surface area contributed by atoms with Crippen molar-refractivity contribution in [2.24, 2.45) is 0 Å². The molecule has 6 nitrogen and oxygen atoms in total. The maximum atomic E-state index is 14.0. The van der Waals surface area contributed by atoms with Gasteiger partial charge < -0.3 is 15.4 Å². The second-order valence-electron chi connectivity index (χ2n) is 7.71. The van der Waals surface area contributed by atoms with Crippen LogP contribution in [0, 0.1) is 12.3 Å². The summed E-state index contributed by atoms with van der Waals surface area (Å²) >= 11 is 0. The van der Waals surface area contributed by atoms with E-state index >= 15 is 0 Å². The molecule has 3 N–H and O–H groups in total. The van der Waals surface area contributed by atoms with Crippen LogP contribution in [0.5, 0.6) is 5.88 Å². The number of nitrogens with one attached hydrogen (secondary N) is 3. The molecule has 0 bridgehead atoms. The average molecular weight is 470 g/mol. The van der Waals surface area contributed by atoms with Gasteiger partial charge in [0.2, 0.25) is 5.88 Å². The van der Waals surface area contributed by atoms with Crippen LogP contribution in [0.1, 0.15) is 40.8 Å². The van der Waals surface area contributed by atoms with Gasteiger partial charge in [0, 0.05) is 18.7 Å². The van der Waals surface area contributed by atoms with Gasteiger partial charge >= 0.3 is 6.18 Å². The van der Waals surface area contributed by atoms with Gasteiger partial charge in [-0.2, -0.15) is 18.2 Å². The molecule has 0 unspecified atom stereocenters. The number of rotatable bonds is 8. The van der Waals surface area contributed by atoms with Crippen LogP contribution < -0.4 is 15.4 Å². The molecule has 0 saturated carbocycles. The average Bonchev–Trinajstić information content (AvgIpc) is 2.82. The number of carbonyl (C=O) groups is 1. The Morgan fingerprint density at radius 2 is 1.76 bits per heavy atom. The molecule has 0 radical (unpaired) electrons. The van der Waals surface area contributed by atoms with Gasteiger partial charge in [-0.1, -0.05) is 60.2 Å². The van der Waals surface area contributed by atoms with E-state index in [1.54, 1.807) is 31.2 Å². The van der Waals surface area contributed by atoms with E-state index < -0.39 is 29.8 Å². The topological polar surface area (TPSA) is 87.1 Å². The van der Waals surface area contributed by atoms with E-state index in [0.717, 1.165) is 11.1 Å². The highest BCUT2D eigenvalue weighted by molar-refractivity contribution is 6.14. The van der Waals surface area contributed by atoms with Crippen molar-refractivity contribution in [3.05, 3.63) is 88.5 Å². The van der Waals surface area contributed by atoms with Gasteiger partial charge in [-0.25, -0.2) is 0 Å². The van der Waals surface area contributed by atoms with Crippen molar-refractivity contribution in [3.8, 4) is 5.88 Å². The molecule has 34 heavy (non-hydrogen) atoms. The van der Waals surface area contributed by atoms with Crippen molar-refractivity contribution in [3.63, 3.8) is 0 Å². The summed E-state index contributed by atoms with van der Waals surface area (Å²) in [5.74, 6) is -1.05. The van der Waals surface area contributed by atoms with Crippen LogP contribution in [0.15, 0.2) is 60.7 Å². The Bertz CT molecular complexity index is 1160. The molecule has 0 aliphatic heterocycles. The summed E-state index contributed by atoms with van der Waals surface area (Å²) in [6.07, 6.45) is -4.77. The minimum absolute atomic E-state index is 0.173. The molecule has 178 valence electrons. The second-order valence-corrected chi connectivity index (χ2v) is 7.71. The lowest BCUT2D eigenvalue weighted by Gasteiger charge is -2.19. The summed E-state index contributed by atoms with van der Waals surface area (Å²) in [5.41, 5.74) is 0.314. The summed E-state index contributed by atoms with van der Waals surface area (Å²) < 4.78 is 47.2. The van der Waals surface area contributed by atoms with Gasteiger partial charge in [0.15, 0.2) is 6.61 Å². The third-order valence-electron chi connectivity index (χ3n) is 5.16. The molecule has 0 aliphatic rings. The van der Waals surface area contributed by atoms with Crippen molar-refractivity contribution in [1.29, 1.82) is 5.41 Å². The summed E-state index contributed by atoms with van der Waals surface area (Å²) in [6.45, 7) is 3.12. The first-order chi connectivity index (χ1) is 16.1. The zero-order valence-corrected chi connectivity index (χ0v) is 19.0. The molecule has 3 rings (SSSR count). The van der Waals surface area contributed by atoms with Crippen molar-refractivity contribution < 1.29 is 22.7 Å². The van der Waals surface area contributed by atoms with E-state index in [0.29, 0.717) is 11.6 Å². The minimum atomic E-state index is -4.77. The number of amides is 1. The molecular weight excluding hydrogens is 445 g/mol. The molecular formula is C25H25F3N4O2. The van der Waals surface area contributed by atoms with Gasteiger partial charge in [0.1, 0.15) is 5.82 Å². The van der Waals surface area contributed by atoms with Crippen LogP contribution in [0.2, 0.25) is 0 Å². The minimum Gasteiger partial charge on any atom is -0.467 e. The number of hydrogen-bond donors (Lipinski definition) is 3. The smallest absolute Gasteiger partial charge is 0.417 e. The number of aryl methyl sites for hydroxylation is 1. The molecule has 1 aromatic heterocycles. The summed E-state index contributed by atoms with van der Waals surface area (Å²) in [4.78, 5) is 16.4. The predicted molar refractivity (Wildman–Crippen MR) is 124 cm³/mol. The van der Waals surface area contributed by atoms with Crippen molar-refractivity contribution in [2.45, 2.75) is 26.1 Å². The fourth-order valence-electron chi connectivity index (χ4n) is 3.37. The number of ether oxygens (including phenoxy) is 1. The van der Waals surface area contributed by atoms with Gasteiger partial charge in [0.05, 0.1) is 22.9 Å². The first-order valence-electron chi connectivity index (χ1n) is 10.5. The van der Waals surface area contributed by atoms with E-state index in [2.05, 4.69) is 15.6 Å². The number of alkyl halides is 3. The van der Waals surface area contributed by atoms with E-state index in [4.69, 9.17) is 10.1 Å². The summed E-state index contributed by atoms with van der Waals surface area (Å²) in [5, 5.41) is 13.8. The fraction of sp³-hybridized carbons (Fsp3) is 0.240. The summed E-state index contributed by atoms with van der Waals surface area (Å²) in [6, 6.07) is 16.2. The largest absolute Gasteiger partial charge is 0.467 e. The highest BCUT2D eigenvalue weighted by Crippen LogP contribution is 2.37. The molecule has 3 aromatic rings. The van der Waals surface area contributed by atoms with Crippen molar-refractivity contribution >= 4 is 17.4 Å². The molecule has 1 atom stereocenters. The normalized spacial score (nSPS) is 12.1. The maximum absolute atomic E-state index is 14.0. The fourth-order valence-corrected chi connectivity index (χ4v) is 3.37. The SMILES string of the molecule is CNc1nc(OCC(=O)N[C@@H](C)c2ccccc2)cc(C(F)(F)F)c1C(=N)c1ccc(C)cc1. The van der Waals surface area contributed by atoms with Gasteiger partial charge in [-0.05, 0) is 19.4 Å². The molecule has 0 fully saturated rings. The number of nitrogens with zero attached hydrogens (tertiary/aromatic N) is 1. The molecule has 0 aliphatic carbocycles. The van der Waals surface area contributed by atoms with Gasteiger partial charge in [0.25, 0.3) is 5.91 Å². The molecule has 1 heterocycles. The Hall–Kier alpha value is -3.88. The van der Waals surface area contributed by atoms with Crippen LogP contribution in [-0.2, 0) is 11.0 Å². The molecule has 0 spiro atoms. The zero-order chi connectivity index (χ0) is 24.9. The third-order valence-corrected chi connectivity index (χ3v) is 5.16. The number of aromatic nitrogens is 1. The number of anilines is 1. The number of benzene rings is 2.